The van der Waals surface area contributed by atoms with Gasteiger partial charge in [-0.15, -0.1) is 0 Å². The Morgan fingerprint density at radius 2 is 2.17 bits per heavy atom. The van der Waals surface area contributed by atoms with Crippen LogP contribution in [0.15, 0.2) is 0 Å². The molecule has 0 aromatic carbocycles. The van der Waals surface area contributed by atoms with Crippen LogP contribution in [0.3, 0.4) is 0 Å². The lowest BCUT2D eigenvalue weighted by molar-refractivity contribution is -0.143. The normalized spacial score (nSPS) is 22.7. The topological polar surface area (TPSA) is 24.5 Å². The predicted octanol–water partition coefficient (Wildman–Crippen LogP) is 1.89. The number of rotatable bonds is 7. The fraction of sp³-hybridized carbons (Fsp3) is 1.00. The maximum absolute atomic E-state index is 12.3. The minimum absolute atomic E-state index is 0.0831. The van der Waals surface area contributed by atoms with Crippen LogP contribution in [0.2, 0.25) is 0 Å². The van der Waals surface area contributed by atoms with E-state index in [0.717, 1.165) is 26.0 Å². The third kappa shape index (κ3) is 6.02. The van der Waals surface area contributed by atoms with E-state index in [4.69, 9.17) is 4.74 Å². The van der Waals surface area contributed by atoms with Gasteiger partial charge in [-0.25, -0.2) is 0 Å². The molecule has 0 spiro atoms. The van der Waals surface area contributed by atoms with Crippen LogP contribution in [0, 0.1) is 5.92 Å². The first-order valence-electron chi connectivity index (χ1n) is 6.48. The molecule has 2 atom stereocenters. The Labute approximate surface area is 107 Å². The van der Waals surface area contributed by atoms with E-state index in [1.807, 2.05) is 0 Å². The van der Waals surface area contributed by atoms with Crippen molar-refractivity contribution in [1.82, 2.24) is 10.2 Å². The monoisotopic (exact) mass is 268 g/mol. The zero-order valence-corrected chi connectivity index (χ0v) is 11.1. The molecule has 1 N–H and O–H groups in total. The summed E-state index contributed by atoms with van der Waals surface area (Å²) in [5, 5.41) is 3.34. The molecule has 2 unspecified atom stereocenters. The number of likely N-dealkylation sites (N-methyl/N-ethyl adjacent to an activating group) is 1. The van der Waals surface area contributed by atoms with Gasteiger partial charge in [-0.3, -0.25) is 4.90 Å². The van der Waals surface area contributed by atoms with Gasteiger partial charge in [0.2, 0.25) is 0 Å². The van der Waals surface area contributed by atoms with E-state index < -0.39 is 12.7 Å². The third-order valence-electron chi connectivity index (χ3n) is 3.15. The molecule has 0 amide bonds. The van der Waals surface area contributed by atoms with Crippen LogP contribution in [-0.4, -0.2) is 57.0 Å². The molecule has 1 saturated heterocycles. The number of ether oxygens (including phenoxy) is 1. The SMILES string of the molecule is CCCNC(CN(C)CC(F)(F)F)C1CCOC1. The smallest absolute Gasteiger partial charge is 0.381 e. The number of nitrogens with one attached hydrogen (secondary N) is 1. The highest BCUT2D eigenvalue weighted by Crippen LogP contribution is 2.20. The fourth-order valence-corrected chi connectivity index (χ4v) is 2.29. The van der Waals surface area contributed by atoms with Crippen molar-refractivity contribution in [3.63, 3.8) is 0 Å². The summed E-state index contributed by atoms with van der Waals surface area (Å²) in [6, 6.07) is 0.0831. The second-order valence-corrected chi connectivity index (χ2v) is 5.00. The van der Waals surface area contributed by atoms with E-state index in [0.29, 0.717) is 19.1 Å². The lowest BCUT2D eigenvalue weighted by Gasteiger charge is -2.29. The van der Waals surface area contributed by atoms with E-state index in [9.17, 15) is 13.2 Å². The molecule has 1 aliphatic heterocycles. The summed E-state index contributed by atoms with van der Waals surface area (Å²) in [6.45, 7) is 3.81. The van der Waals surface area contributed by atoms with Gasteiger partial charge in [-0.2, -0.15) is 13.2 Å². The van der Waals surface area contributed by atoms with Crippen LogP contribution in [0.5, 0.6) is 0 Å². The van der Waals surface area contributed by atoms with E-state index in [-0.39, 0.29) is 6.04 Å². The van der Waals surface area contributed by atoms with Gasteiger partial charge in [0, 0.05) is 25.1 Å². The molecule has 3 nitrogen and oxygen atoms in total. The lowest BCUT2D eigenvalue weighted by atomic mass is 9.98. The Balaban J connectivity index is 2.43. The highest BCUT2D eigenvalue weighted by atomic mass is 19.4. The molecule has 18 heavy (non-hydrogen) atoms. The number of alkyl halides is 3. The zero-order valence-electron chi connectivity index (χ0n) is 11.1. The summed E-state index contributed by atoms with van der Waals surface area (Å²) in [6.07, 6.45) is -2.22. The highest BCUT2D eigenvalue weighted by Gasteiger charge is 2.32. The Hall–Kier alpha value is -0.330. The summed E-state index contributed by atoms with van der Waals surface area (Å²) >= 11 is 0. The molecular formula is C12H23F3N2O. The van der Waals surface area contributed by atoms with Gasteiger partial charge in [-0.05, 0) is 26.4 Å². The fourth-order valence-electron chi connectivity index (χ4n) is 2.29. The third-order valence-corrected chi connectivity index (χ3v) is 3.15. The van der Waals surface area contributed by atoms with Gasteiger partial charge in [0.05, 0.1) is 13.2 Å². The van der Waals surface area contributed by atoms with Crippen LogP contribution in [0.25, 0.3) is 0 Å². The van der Waals surface area contributed by atoms with Crippen LogP contribution < -0.4 is 5.32 Å². The quantitative estimate of drug-likeness (QED) is 0.763. The van der Waals surface area contributed by atoms with Crippen LogP contribution in [0.1, 0.15) is 19.8 Å². The first kappa shape index (κ1) is 15.7. The van der Waals surface area contributed by atoms with Crippen molar-refractivity contribution >= 4 is 0 Å². The van der Waals surface area contributed by atoms with Crippen molar-refractivity contribution in [2.45, 2.75) is 32.0 Å². The molecule has 0 saturated carbocycles. The average Bonchev–Trinajstić information content (AvgIpc) is 2.74. The predicted molar refractivity (Wildman–Crippen MR) is 64.6 cm³/mol. The molecule has 1 aliphatic rings. The molecule has 0 aliphatic carbocycles. The number of nitrogens with zero attached hydrogens (tertiary/aromatic N) is 1. The van der Waals surface area contributed by atoms with E-state index in [2.05, 4.69) is 12.2 Å². The summed E-state index contributed by atoms with van der Waals surface area (Å²) in [4.78, 5) is 1.34. The Morgan fingerprint density at radius 1 is 1.44 bits per heavy atom. The van der Waals surface area contributed by atoms with Gasteiger partial charge < -0.3 is 10.1 Å². The van der Waals surface area contributed by atoms with Gasteiger partial charge in [0.25, 0.3) is 0 Å². The van der Waals surface area contributed by atoms with E-state index >= 15 is 0 Å². The maximum atomic E-state index is 12.3. The number of halogens is 3. The standard InChI is InChI=1S/C12H23F3N2O/c1-3-5-16-11(10-4-6-18-8-10)7-17(2)9-12(13,14)15/h10-11,16H,3-9H2,1-2H3. The molecule has 0 aromatic rings. The first-order valence-corrected chi connectivity index (χ1v) is 6.48. The minimum Gasteiger partial charge on any atom is -0.381 e. The molecule has 0 radical (unpaired) electrons. The van der Waals surface area contributed by atoms with Crippen molar-refractivity contribution in [2.24, 2.45) is 5.92 Å². The number of hydrogen-bond donors (Lipinski definition) is 1. The summed E-state index contributed by atoms with van der Waals surface area (Å²) in [5.41, 5.74) is 0. The first-order chi connectivity index (χ1) is 8.42. The molecule has 0 bridgehead atoms. The number of hydrogen-bond acceptors (Lipinski definition) is 3. The second-order valence-electron chi connectivity index (χ2n) is 5.00. The van der Waals surface area contributed by atoms with Crippen molar-refractivity contribution in [3.05, 3.63) is 0 Å². The van der Waals surface area contributed by atoms with Gasteiger partial charge in [0.15, 0.2) is 0 Å². The molecule has 1 rings (SSSR count). The largest absolute Gasteiger partial charge is 0.401 e. The zero-order chi connectivity index (χ0) is 13.6. The lowest BCUT2D eigenvalue weighted by Crippen LogP contribution is -2.47. The molecule has 6 heteroatoms. The van der Waals surface area contributed by atoms with Crippen molar-refractivity contribution in [2.75, 3.05) is 39.9 Å². The Morgan fingerprint density at radius 3 is 2.67 bits per heavy atom. The van der Waals surface area contributed by atoms with Crippen LogP contribution in [-0.2, 0) is 4.74 Å². The van der Waals surface area contributed by atoms with Gasteiger partial charge in [-0.1, -0.05) is 6.92 Å². The Bertz CT molecular complexity index is 230. The average molecular weight is 268 g/mol. The highest BCUT2D eigenvalue weighted by molar-refractivity contribution is 4.82. The maximum Gasteiger partial charge on any atom is 0.401 e. The molecular weight excluding hydrogens is 245 g/mol. The van der Waals surface area contributed by atoms with E-state index in [1.54, 1.807) is 0 Å². The van der Waals surface area contributed by atoms with Crippen LogP contribution in [0.4, 0.5) is 13.2 Å². The van der Waals surface area contributed by atoms with Gasteiger partial charge >= 0.3 is 6.18 Å². The van der Waals surface area contributed by atoms with E-state index in [1.165, 1.54) is 11.9 Å². The molecule has 1 fully saturated rings. The van der Waals surface area contributed by atoms with Crippen molar-refractivity contribution in [3.8, 4) is 0 Å². The molecule has 0 aromatic heterocycles. The molecule has 1 heterocycles. The van der Waals surface area contributed by atoms with Crippen molar-refractivity contribution in [1.29, 1.82) is 0 Å². The minimum atomic E-state index is -4.13. The summed E-state index contributed by atoms with van der Waals surface area (Å²) in [7, 11) is 1.52. The van der Waals surface area contributed by atoms with Crippen molar-refractivity contribution < 1.29 is 17.9 Å². The Kier molecular flexibility index (Phi) is 6.38. The van der Waals surface area contributed by atoms with Gasteiger partial charge in [0.1, 0.15) is 0 Å². The summed E-state index contributed by atoms with van der Waals surface area (Å²) < 4.78 is 42.2. The van der Waals surface area contributed by atoms with Crippen LogP contribution >= 0.6 is 0 Å². The second kappa shape index (κ2) is 7.31. The molecule has 108 valence electrons. The summed E-state index contributed by atoms with van der Waals surface area (Å²) in [5.74, 6) is 0.326.